The average molecular weight is 479 g/mol. The quantitative estimate of drug-likeness (QED) is 0.0889. The second-order valence-corrected chi connectivity index (χ2v) is 7.77. The summed E-state index contributed by atoms with van der Waals surface area (Å²) in [6.45, 7) is 3.67. The molecule has 0 saturated heterocycles. The van der Waals surface area contributed by atoms with Crippen LogP contribution in [0.5, 0.6) is 0 Å². The van der Waals surface area contributed by atoms with Gasteiger partial charge in [0.05, 0.1) is 13.1 Å². The summed E-state index contributed by atoms with van der Waals surface area (Å²) in [6, 6.07) is -1.21. The Morgan fingerprint density at radius 2 is 1.32 bits per heavy atom. The highest BCUT2D eigenvalue weighted by molar-refractivity contribution is 5.93. The van der Waals surface area contributed by atoms with Crippen LogP contribution in [0.4, 0.5) is 9.59 Å². The van der Waals surface area contributed by atoms with Gasteiger partial charge in [-0.2, -0.15) is 5.26 Å². The van der Waals surface area contributed by atoms with Crippen molar-refractivity contribution in [3.8, 4) is 6.26 Å². The summed E-state index contributed by atoms with van der Waals surface area (Å²) in [7, 11) is 0. The fraction of sp³-hybridized carbons (Fsp3) is 0.783. The predicted molar refractivity (Wildman–Crippen MR) is 126 cm³/mol. The van der Waals surface area contributed by atoms with Crippen LogP contribution in [0, 0.1) is 11.5 Å². The van der Waals surface area contributed by atoms with Crippen molar-refractivity contribution < 1.29 is 23.9 Å². The number of carbonyl (C=O) groups is 2. The molecule has 1 unspecified atom stereocenters. The molecule has 0 aliphatic heterocycles. The molecule has 34 heavy (non-hydrogen) atoms. The molecular weight excluding hydrogens is 440 g/mol. The minimum Gasteiger partial charge on any atom is -0.401 e. The van der Waals surface area contributed by atoms with Crippen molar-refractivity contribution in [3.63, 3.8) is 0 Å². The first-order valence-electron chi connectivity index (χ1n) is 12.1. The zero-order valence-electron chi connectivity index (χ0n) is 20.2. The maximum Gasteiger partial charge on any atom is 0.328 e. The number of hydrogen-bond donors (Lipinski definition) is 2. The highest BCUT2D eigenvalue weighted by atomic mass is 16.5. The van der Waals surface area contributed by atoms with E-state index in [1.807, 2.05) is 6.92 Å². The summed E-state index contributed by atoms with van der Waals surface area (Å²) in [5, 5.41) is 14.5. The van der Waals surface area contributed by atoms with E-state index in [0.29, 0.717) is 51.9 Å². The van der Waals surface area contributed by atoms with Gasteiger partial charge in [0.1, 0.15) is 0 Å². The second kappa shape index (κ2) is 23.0. The van der Waals surface area contributed by atoms with E-state index in [2.05, 4.69) is 20.6 Å². The first-order chi connectivity index (χ1) is 16.6. The number of unbranched alkanes of at least 4 members (excludes halogenated alkanes) is 8. The second-order valence-electron chi connectivity index (χ2n) is 7.77. The molecule has 0 aromatic heterocycles. The number of nitriles is 1. The Morgan fingerprint density at radius 3 is 1.76 bits per heavy atom. The summed E-state index contributed by atoms with van der Waals surface area (Å²) < 4.78 is 5.08. The summed E-state index contributed by atoms with van der Waals surface area (Å²) in [4.78, 5) is 53.6. The van der Waals surface area contributed by atoms with Gasteiger partial charge in [0.25, 0.3) is 6.26 Å². The molecule has 11 heteroatoms. The van der Waals surface area contributed by atoms with E-state index in [9.17, 15) is 19.2 Å². The molecule has 0 saturated carbocycles. The van der Waals surface area contributed by atoms with Crippen LogP contribution < -0.4 is 10.6 Å². The Hall–Kier alpha value is -3.21. The third-order valence-corrected chi connectivity index (χ3v) is 5.04. The maximum atomic E-state index is 12.8. The van der Waals surface area contributed by atoms with Crippen molar-refractivity contribution in [1.29, 1.82) is 5.26 Å². The molecule has 0 aliphatic carbocycles. The molecule has 0 spiro atoms. The van der Waals surface area contributed by atoms with E-state index in [1.54, 1.807) is 6.26 Å². The average Bonchev–Trinajstić information content (AvgIpc) is 2.82. The SMILES string of the molecule is CCCCCC(OC#N)N(C(=O)NCCCCCCN=C=O)C(=O)NCCCCCCN=C=O. The summed E-state index contributed by atoms with van der Waals surface area (Å²) in [6.07, 6.45) is 13.0. The minimum absolute atomic E-state index is 0.372. The Kier molecular flexibility index (Phi) is 20.8. The molecule has 0 heterocycles. The lowest BCUT2D eigenvalue weighted by Crippen LogP contribution is -2.54. The largest absolute Gasteiger partial charge is 0.401 e. The van der Waals surface area contributed by atoms with Gasteiger partial charge >= 0.3 is 12.1 Å². The number of carbonyl (C=O) groups excluding carboxylic acids is 4. The fourth-order valence-electron chi connectivity index (χ4n) is 3.22. The zero-order valence-corrected chi connectivity index (χ0v) is 20.2. The molecular formula is C23H38N6O5. The van der Waals surface area contributed by atoms with E-state index in [-0.39, 0.29) is 0 Å². The number of isocyanates is 2. The first-order valence-corrected chi connectivity index (χ1v) is 12.1. The van der Waals surface area contributed by atoms with E-state index < -0.39 is 18.3 Å². The van der Waals surface area contributed by atoms with Crippen LogP contribution in [0.15, 0.2) is 9.98 Å². The topological polar surface area (TPSA) is 153 Å². The van der Waals surface area contributed by atoms with Crippen LogP contribution >= 0.6 is 0 Å². The smallest absolute Gasteiger partial charge is 0.328 e. The molecule has 1 atom stereocenters. The Labute approximate surface area is 202 Å². The number of imide groups is 1. The van der Waals surface area contributed by atoms with Crippen molar-refractivity contribution in [2.24, 2.45) is 9.98 Å². The van der Waals surface area contributed by atoms with Crippen LogP contribution in [0.2, 0.25) is 0 Å². The molecule has 2 N–H and O–H groups in total. The maximum absolute atomic E-state index is 12.8. The van der Waals surface area contributed by atoms with Gasteiger partial charge in [-0.15, -0.1) is 0 Å². The molecule has 0 aliphatic rings. The summed E-state index contributed by atoms with van der Waals surface area (Å²) in [5.74, 6) is 0. The number of nitrogens with one attached hydrogen (secondary N) is 2. The number of amides is 4. The first kappa shape index (κ1) is 30.8. The Bertz CT molecular complexity index is 654. The van der Waals surface area contributed by atoms with Crippen molar-refractivity contribution in [3.05, 3.63) is 0 Å². The third kappa shape index (κ3) is 16.4. The Balaban J connectivity index is 4.74. The molecule has 0 aromatic carbocycles. The molecule has 11 nitrogen and oxygen atoms in total. The minimum atomic E-state index is -0.973. The molecule has 190 valence electrons. The van der Waals surface area contributed by atoms with Gasteiger partial charge in [0.15, 0.2) is 6.23 Å². The van der Waals surface area contributed by atoms with Gasteiger partial charge < -0.3 is 15.4 Å². The number of rotatable bonds is 20. The van der Waals surface area contributed by atoms with Gasteiger partial charge in [0, 0.05) is 19.5 Å². The monoisotopic (exact) mass is 478 g/mol. The van der Waals surface area contributed by atoms with E-state index in [4.69, 9.17) is 10.00 Å². The number of nitrogens with zero attached hydrogens (tertiary/aromatic N) is 4. The van der Waals surface area contributed by atoms with Crippen LogP contribution in [0.3, 0.4) is 0 Å². The molecule has 0 bridgehead atoms. The van der Waals surface area contributed by atoms with E-state index in [1.165, 1.54) is 12.2 Å². The number of hydrogen-bond acceptors (Lipinski definition) is 8. The van der Waals surface area contributed by atoms with Crippen molar-refractivity contribution in [2.75, 3.05) is 26.2 Å². The molecule has 0 rings (SSSR count). The van der Waals surface area contributed by atoms with Crippen molar-refractivity contribution >= 4 is 24.2 Å². The standard InChI is InChI=1S/C23H38N6O5/c1-2-3-8-13-21(34-18-24)29(22(32)27-16-11-6-4-9-14-25-19-30)23(33)28-17-12-7-5-10-15-26-20-31/h21H,2-17H2,1H3,(H,27,32)(H,28,33). The molecule has 0 fully saturated rings. The van der Waals surface area contributed by atoms with Crippen LogP contribution in [0.25, 0.3) is 0 Å². The van der Waals surface area contributed by atoms with Crippen LogP contribution in [-0.2, 0) is 14.3 Å². The third-order valence-electron chi connectivity index (χ3n) is 5.04. The van der Waals surface area contributed by atoms with Crippen molar-refractivity contribution in [2.45, 2.75) is 90.2 Å². The van der Waals surface area contributed by atoms with Crippen molar-refractivity contribution in [1.82, 2.24) is 15.5 Å². The number of aliphatic imine (C=N–C) groups is 2. The highest BCUT2D eigenvalue weighted by Gasteiger charge is 2.31. The van der Waals surface area contributed by atoms with Gasteiger partial charge in [-0.1, -0.05) is 45.4 Å². The normalized spacial score (nSPS) is 10.7. The number of urea groups is 2. The Morgan fingerprint density at radius 1 is 0.824 bits per heavy atom. The lowest BCUT2D eigenvalue weighted by Gasteiger charge is -2.28. The molecule has 4 amide bonds. The zero-order chi connectivity index (χ0) is 25.3. The lowest BCUT2D eigenvalue weighted by molar-refractivity contribution is 0.0392. The number of ether oxygens (including phenoxy) is 1. The van der Waals surface area contributed by atoms with Gasteiger partial charge in [-0.3, -0.25) is 0 Å². The van der Waals surface area contributed by atoms with E-state index >= 15 is 0 Å². The van der Waals surface area contributed by atoms with Crippen LogP contribution in [-0.4, -0.2) is 61.5 Å². The lowest BCUT2D eigenvalue weighted by atomic mass is 10.2. The molecule has 0 aromatic rings. The summed E-state index contributed by atoms with van der Waals surface area (Å²) >= 11 is 0. The van der Waals surface area contributed by atoms with Crippen LogP contribution in [0.1, 0.15) is 84.0 Å². The van der Waals surface area contributed by atoms with Gasteiger partial charge in [0.2, 0.25) is 12.2 Å². The van der Waals surface area contributed by atoms with Gasteiger partial charge in [-0.05, 0) is 32.1 Å². The van der Waals surface area contributed by atoms with Gasteiger partial charge in [-0.25, -0.2) is 34.1 Å². The van der Waals surface area contributed by atoms with E-state index in [0.717, 1.165) is 56.3 Å². The summed E-state index contributed by atoms with van der Waals surface area (Å²) in [5.41, 5.74) is 0. The molecule has 0 radical (unpaired) electrons. The fourth-order valence-corrected chi connectivity index (χ4v) is 3.22. The predicted octanol–water partition coefficient (Wildman–Crippen LogP) is 3.90. The highest BCUT2D eigenvalue weighted by Crippen LogP contribution is 2.13.